The van der Waals surface area contributed by atoms with Crippen LogP contribution in [0.3, 0.4) is 0 Å². The van der Waals surface area contributed by atoms with Crippen molar-refractivity contribution >= 4 is 29.0 Å². The maximum absolute atomic E-state index is 12.9. The minimum absolute atomic E-state index is 0.0242. The Morgan fingerprint density at radius 2 is 1.83 bits per heavy atom. The largest absolute Gasteiger partial charge is 0.315 e. The van der Waals surface area contributed by atoms with Crippen molar-refractivity contribution in [2.75, 3.05) is 17.7 Å². The third-order valence-electron chi connectivity index (χ3n) is 5.50. The molecule has 0 N–H and O–H groups in total. The number of aromatic nitrogens is 4. The molecule has 0 aliphatic heterocycles. The summed E-state index contributed by atoms with van der Waals surface area (Å²) in [6.07, 6.45) is 3.44. The lowest BCUT2D eigenvalue weighted by Crippen LogP contribution is -2.28. The van der Waals surface area contributed by atoms with Gasteiger partial charge >= 0.3 is 0 Å². The number of thioether (sulfide) groups is 1. The molecule has 0 radical (unpaired) electrons. The molecule has 2 aromatic carbocycles. The van der Waals surface area contributed by atoms with E-state index in [2.05, 4.69) is 35.1 Å². The Morgan fingerprint density at radius 3 is 2.49 bits per heavy atom. The molecule has 4 aromatic rings. The minimum atomic E-state index is -0.469. The molecule has 178 valence electrons. The zero-order valence-electron chi connectivity index (χ0n) is 19.5. The quantitative estimate of drug-likeness (QED) is 0.193. The summed E-state index contributed by atoms with van der Waals surface area (Å²) < 4.78 is 1.97. The molecule has 0 saturated carbocycles. The van der Waals surface area contributed by atoms with Crippen LogP contribution < -0.4 is 4.90 Å². The van der Waals surface area contributed by atoms with Crippen molar-refractivity contribution in [3.8, 4) is 17.1 Å². The average molecular weight is 489 g/mol. The minimum Gasteiger partial charge on any atom is -0.315 e. The third-order valence-corrected chi connectivity index (χ3v) is 6.41. The second-order valence-electron chi connectivity index (χ2n) is 8.11. The van der Waals surface area contributed by atoms with E-state index in [1.807, 2.05) is 34.9 Å². The SMILES string of the molecule is CC(C)c1ccccc1-n1c(SCC(=O)N(C)c2ccc([N+](=O)[O-])cc2)nnc1-c1cccnc1. The van der Waals surface area contributed by atoms with E-state index in [-0.39, 0.29) is 23.3 Å². The van der Waals surface area contributed by atoms with Crippen molar-refractivity contribution < 1.29 is 9.72 Å². The molecule has 10 heteroatoms. The van der Waals surface area contributed by atoms with Gasteiger partial charge in [-0.15, -0.1) is 10.2 Å². The molecular formula is C25H24N6O3S. The van der Waals surface area contributed by atoms with Gasteiger partial charge in [0.15, 0.2) is 11.0 Å². The number of amides is 1. The van der Waals surface area contributed by atoms with Gasteiger partial charge in [0.2, 0.25) is 5.91 Å². The van der Waals surface area contributed by atoms with Crippen molar-refractivity contribution in [2.24, 2.45) is 0 Å². The van der Waals surface area contributed by atoms with E-state index < -0.39 is 4.92 Å². The maximum Gasteiger partial charge on any atom is 0.269 e. The highest BCUT2D eigenvalue weighted by atomic mass is 32.2. The van der Waals surface area contributed by atoms with Gasteiger partial charge in [0, 0.05) is 42.8 Å². The molecule has 0 aliphatic carbocycles. The number of nitro benzene ring substituents is 1. The molecule has 0 atom stereocenters. The third kappa shape index (κ3) is 5.22. The molecule has 0 fully saturated rings. The molecule has 0 spiro atoms. The summed E-state index contributed by atoms with van der Waals surface area (Å²) >= 11 is 1.29. The van der Waals surface area contributed by atoms with E-state index >= 15 is 0 Å². The van der Waals surface area contributed by atoms with Crippen molar-refractivity contribution in [3.63, 3.8) is 0 Å². The lowest BCUT2D eigenvalue weighted by molar-refractivity contribution is -0.384. The number of non-ortho nitro benzene ring substituents is 1. The van der Waals surface area contributed by atoms with E-state index in [1.54, 1.807) is 31.6 Å². The zero-order chi connectivity index (χ0) is 24.9. The van der Waals surface area contributed by atoms with Crippen LogP contribution in [0.5, 0.6) is 0 Å². The van der Waals surface area contributed by atoms with Crippen molar-refractivity contribution in [2.45, 2.75) is 24.9 Å². The molecular weight excluding hydrogens is 464 g/mol. The Hall–Kier alpha value is -4.05. The van der Waals surface area contributed by atoms with Gasteiger partial charge in [-0.05, 0) is 41.8 Å². The van der Waals surface area contributed by atoms with Gasteiger partial charge in [-0.2, -0.15) is 0 Å². The van der Waals surface area contributed by atoms with Gasteiger partial charge in [-0.1, -0.05) is 43.8 Å². The summed E-state index contributed by atoms with van der Waals surface area (Å²) in [5.74, 6) is 0.856. The lowest BCUT2D eigenvalue weighted by atomic mass is 10.0. The van der Waals surface area contributed by atoms with E-state index in [1.165, 1.54) is 28.8 Å². The summed E-state index contributed by atoms with van der Waals surface area (Å²) in [6, 6.07) is 17.7. The predicted molar refractivity (Wildman–Crippen MR) is 136 cm³/mol. The first-order chi connectivity index (χ1) is 16.9. The van der Waals surface area contributed by atoms with Crippen LogP contribution in [-0.2, 0) is 4.79 Å². The number of nitrogens with zero attached hydrogens (tertiary/aromatic N) is 6. The normalized spacial score (nSPS) is 11.0. The van der Waals surface area contributed by atoms with Gasteiger partial charge < -0.3 is 4.90 Å². The fraction of sp³-hybridized carbons (Fsp3) is 0.200. The first-order valence-corrected chi connectivity index (χ1v) is 11.9. The number of carbonyl (C=O) groups excluding carboxylic acids is 1. The van der Waals surface area contributed by atoms with Crippen molar-refractivity contribution in [1.29, 1.82) is 0 Å². The number of pyridine rings is 1. The molecule has 0 saturated heterocycles. The Kier molecular flexibility index (Phi) is 7.21. The number of hydrogen-bond donors (Lipinski definition) is 0. The smallest absolute Gasteiger partial charge is 0.269 e. The van der Waals surface area contributed by atoms with E-state index in [4.69, 9.17) is 0 Å². The number of rotatable bonds is 8. The van der Waals surface area contributed by atoms with Crippen LogP contribution in [0, 0.1) is 10.1 Å². The van der Waals surface area contributed by atoms with Crippen LogP contribution in [0.4, 0.5) is 11.4 Å². The van der Waals surface area contributed by atoms with Crippen LogP contribution in [0.15, 0.2) is 78.2 Å². The van der Waals surface area contributed by atoms with Gasteiger partial charge in [-0.25, -0.2) is 0 Å². The molecule has 2 aromatic heterocycles. The molecule has 0 bridgehead atoms. The topological polar surface area (TPSA) is 107 Å². The van der Waals surface area contributed by atoms with E-state index in [0.29, 0.717) is 16.7 Å². The highest BCUT2D eigenvalue weighted by molar-refractivity contribution is 7.99. The fourth-order valence-electron chi connectivity index (χ4n) is 3.61. The van der Waals surface area contributed by atoms with Crippen LogP contribution in [0.1, 0.15) is 25.3 Å². The summed E-state index contributed by atoms with van der Waals surface area (Å²) in [4.78, 5) is 29.1. The molecule has 4 rings (SSSR count). The maximum atomic E-state index is 12.9. The molecule has 0 unspecified atom stereocenters. The summed E-state index contributed by atoms with van der Waals surface area (Å²) in [7, 11) is 1.64. The number of nitro groups is 1. The number of para-hydroxylation sites is 1. The van der Waals surface area contributed by atoms with Crippen molar-refractivity contribution in [3.05, 3.63) is 88.7 Å². The number of carbonyl (C=O) groups is 1. The molecule has 2 heterocycles. The highest BCUT2D eigenvalue weighted by Gasteiger charge is 2.21. The molecule has 35 heavy (non-hydrogen) atoms. The van der Waals surface area contributed by atoms with Crippen LogP contribution in [0.2, 0.25) is 0 Å². The van der Waals surface area contributed by atoms with Crippen LogP contribution >= 0.6 is 11.8 Å². The molecule has 1 amide bonds. The first-order valence-electron chi connectivity index (χ1n) is 11.0. The number of hydrogen-bond acceptors (Lipinski definition) is 7. The molecule has 9 nitrogen and oxygen atoms in total. The van der Waals surface area contributed by atoms with Gasteiger partial charge in [0.1, 0.15) is 0 Å². The highest BCUT2D eigenvalue weighted by Crippen LogP contribution is 2.32. The Bertz CT molecular complexity index is 1340. The first kappa shape index (κ1) is 24.1. The van der Waals surface area contributed by atoms with Crippen LogP contribution in [0.25, 0.3) is 17.1 Å². The summed E-state index contributed by atoms with van der Waals surface area (Å²) in [6.45, 7) is 4.25. The number of anilines is 1. The standard InChI is InChI=1S/C25H24N6O3S/c1-17(2)21-8-4-5-9-22(21)30-24(18-7-6-14-26-15-18)27-28-25(30)35-16-23(32)29(3)19-10-12-20(13-11-19)31(33)34/h4-15,17H,16H2,1-3H3. The van der Waals surface area contributed by atoms with Gasteiger partial charge in [0.25, 0.3) is 5.69 Å². The van der Waals surface area contributed by atoms with Crippen molar-refractivity contribution in [1.82, 2.24) is 19.7 Å². The van der Waals surface area contributed by atoms with E-state index in [9.17, 15) is 14.9 Å². The zero-order valence-corrected chi connectivity index (χ0v) is 20.3. The monoisotopic (exact) mass is 488 g/mol. The Labute approximate surface area is 207 Å². The van der Waals surface area contributed by atoms with E-state index in [0.717, 1.165) is 16.8 Å². The van der Waals surface area contributed by atoms with Crippen LogP contribution in [-0.4, -0.2) is 43.4 Å². The lowest BCUT2D eigenvalue weighted by Gasteiger charge is -2.18. The second-order valence-corrected chi connectivity index (χ2v) is 9.05. The fourth-order valence-corrected chi connectivity index (χ4v) is 4.47. The van der Waals surface area contributed by atoms with Gasteiger partial charge in [0.05, 0.1) is 16.4 Å². The summed E-state index contributed by atoms with van der Waals surface area (Å²) in [5.41, 5.74) is 3.45. The summed E-state index contributed by atoms with van der Waals surface area (Å²) in [5, 5.41) is 20.3. The van der Waals surface area contributed by atoms with Gasteiger partial charge in [-0.3, -0.25) is 24.5 Å². The Balaban J connectivity index is 1.63. The molecule has 0 aliphatic rings. The predicted octanol–water partition coefficient (Wildman–Crippen LogP) is 5.12. The second kappa shape index (κ2) is 10.5. The number of benzene rings is 2. The Morgan fingerprint density at radius 1 is 1.09 bits per heavy atom. The average Bonchev–Trinajstić information content (AvgIpc) is 3.31.